The number of aromatic nitrogens is 2. The molecule has 0 bridgehead atoms. The Balaban J connectivity index is 1.73. The Bertz CT molecular complexity index is 776. The molecule has 22 heavy (non-hydrogen) atoms. The maximum atomic E-state index is 12.3. The van der Waals surface area contributed by atoms with Crippen LogP contribution in [0.5, 0.6) is 0 Å². The monoisotopic (exact) mass is 297 g/mol. The highest BCUT2D eigenvalue weighted by Gasteiger charge is 2.26. The molecule has 5 nitrogen and oxygen atoms in total. The van der Waals surface area contributed by atoms with Crippen molar-refractivity contribution in [2.75, 3.05) is 0 Å². The van der Waals surface area contributed by atoms with Gasteiger partial charge in [-0.1, -0.05) is 12.1 Å². The van der Waals surface area contributed by atoms with Crippen LogP contribution in [0, 0.1) is 13.8 Å². The Morgan fingerprint density at radius 3 is 2.86 bits per heavy atom. The van der Waals surface area contributed by atoms with Crippen molar-refractivity contribution < 1.29 is 4.79 Å². The lowest BCUT2D eigenvalue weighted by atomic mass is 10.0. The predicted octanol–water partition coefficient (Wildman–Crippen LogP) is 2.19. The zero-order chi connectivity index (χ0) is 15.7. The van der Waals surface area contributed by atoms with Crippen LogP contribution >= 0.6 is 0 Å². The van der Waals surface area contributed by atoms with Crippen LogP contribution in [0.2, 0.25) is 0 Å². The summed E-state index contributed by atoms with van der Waals surface area (Å²) in [5.41, 5.74) is 3.15. The molecule has 1 aliphatic rings. The number of carbonyl (C=O) groups is 1. The summed E-state index contributed by atoms with van der Waals surface area (Å²) >= 11 is 0. The third-order valence-corrected chi connectivity index (χ3v) is 4.06. The van der Waals surface area contributed by atoms with E-state index in [0.29, 0.717) is 17.2 Å². The van der Waals surface area contributed by atoms with Crippen LogP contribution in [0.15, 0.2) is 29.1 Å². The number of H-pyrrole nitrogens is 1. The number of nitrogens with one attached hydrogen (secondary N) is 2. The van der Waals surface area contributed by atoms with E-state index in [-0.39, 0.29) is 18.0 Å². The van der Waals surface area contributed by atoms with Gasteiger partial charge >= 0.3 is 0 Å². The van der Waals surface area contributed by atoms with Crippen molar-refractivity contribution in [1.29, 1.82) is 0 Å². The summed E-state index contributed by atoms with van der Waals surface area (Å²) in [6, 6.07) is 7.09. The van der Waals surface area contributed by atoms with Crippen molar-refractivity contribution in [2.45, 2.75) is 39.2 Å². The van der Waals surface area contributed by atoms with Gasteiger partial charge in [0.25, 0.3) is 11.5 Å². The van der Waals surface area contributed by atoms with Gasteiger partial charge < -0.3 is 10.3 Å². The van der Waals surface area contributed by atoms with Crippen LogP contribution in [0.25, 0.3) is 0 Å². The average molecular weight is 297 g/mol. The van der Waals surface area contributed by atoms with Crippen molar-refractivity contribution >= 4 is 5.91 Å². The van der Waals surface area contributed by atoms with Gasteiger partial charge in [0, 0.05) is 17.5 Å². The lowest BCUT2D eigenvalue weighted by Gasteiger charge is -2.09. The second kappa shape index (κ2) is 5.75. The summed E-state index contributed by atoms with van der Waals surface area (Å²) < 4.78 is 0. The number of benzene rings is 1. The van der Waals surface area contributed by atoms with E-state index in [2.05, 4.69) is 15.3 Å². The summed E-state index contributed by atoms with van der Waals surface area (Å²) in [7, 11) is 0. The first kappa shape index (κ1) is 14.5. The fourth-order valence-corrected chi connectivity index (χ4v) is 2.43. The van der Waals surface area contributed by atoms with Gasteiger partial charge in [-0.15, -0.1) is 0 Å². The van der Waals surface area contributed by atoms with Gasteiger partial charge in [-0.05, 0) is 43.9 Å². The van der Waals surface area contributed by atoms with Crippen LogP contribution in [0.3, 0.4) is 0 Å². The predicted molar refractivity (Wildman–Crippen MR) is 83.9 cm³/mol. The molecule has 5 heteroatoms. The van der Waals surface area contributed by atoms with Crippen LogP contribution in [0.1, 0.15) is 51.8 Å². The molecule has 1 aromatic heterocycles. The molecule has 1 saturated carbocycles. The first-order valence-electron chi connectivity index (χ1n) is 7.49. The highest BCUT2D eigenvalue weighted by atomic mass is 16.1. The number of hydrogen-bond donors (Lipinski definition) is 2. The van der Waals surface area contributed by atoms with E-state index in [0.717, 1.165) is 29.8 Å². The normalized spacial score (nSPS) is 13.9. The van der Waals surface area contributed by atoms with E-state index in [4.69, 9.17) is 0 Å². The molecule has 3 rings (SSSR count). The molecule has 1 aromatic carbocycles. The molecule has 2 N–H and O–H groups in total. The van der Waals surface area contributed by atoms with Crippen LogP contribution in [-0.4, -0.2) is 15.9 Å². The molecule has 0 aliphatic heterocycles. The number of aromatic amines is 1. The SMILES string of the molecule is Cc1cccc(C(=O)NCc2cc(=O)[nH]c(C3CC3)n2)c1C. The molecular formula is C17H19N3O2. The smallest absolute Gasteiger partial charge is 0.251 e. The lowest BCUT2D eigenvalue weighted by Crippen LogP contribution is -2.25. The van der Waals surface area contributed by atoms with Crippen molar-refractivity contribution in [1.82, 2.24) is 15.3 Å². The molecule has 114 valence electrons. The van der Waals surface area contributed by atoms with Crippen molar-refractivity contribution in [3.8, 4) is 0 Å². The van der Waals surface area contributed by atoms with Gasteiger partial charge in [-0.3, -0.25) is 9.59 Å². The van der Waals surface area contributed by atoms with Crippen LogP contribution < -0.4 is 10.9 Å². The van der Waals surface area contributed by atoms with Gasteiger partial charge in [0.15, 0.2) is 0 Å². The third kappa shape index (κ3) is 3.08. The van der Waals surface area contributed by atoms with Gasteiger partial charge in [0.1, 0.15) is 5.82 Å². The fraction of sp³-hybridized carbons (Fsp3) is 0.353. The minimum Gasteiger partial charge on any atom is -0.346 e. The number of amides is 1. The fourth-order valence-electron chi connectivity index (χ4n) is 2.43. The quantitative estimate of drug-likeness (QED) is 0.908. The number of rotatable bonds is 4. The van der Waals surface area contributed by atoms with Gasteiger partial charge in [-0.2, -0.15) is 0 Å². The first-order valence-corrected chi connectivity index (χ1v) is 7.49. The summed E-state index contributed by atoms with van der Waals surface area (Å²) in [5, 5.41) is 2.84. The number of carbonyl (C=O) groups excluding carboxylic acids is 1. The van der Waals surface area contributed by atoms with E-state index in [1.54, 1.807) is 6.07 Å². The average Bonchev–Trinajstić information content (AvgIpc) is 3.32. The van der Waals surface area contributed by atoms with E-state index in [1.807, 2.05) is 26.0 Å². The minimum absolute atomic E-state index is 0.142. The molecule has 1 aliphatic carbocycles. The second-order valence-electron chi connectivity index (χ2n) is 5.83. The Morgan fingerprint density at radius 2 is 2.14 bits per heavy atom. The Morgan fingerprint density at radius 1 is 1.36 bits per heavy atom. The maximum absolute atomic E-state index is 12.3. The zero-order valence-electron chi connectivity index (χ0n) is 12.8. The molecule has 0 saturated heterocycles. The standard InChI is InChI=1S/C17H19N3O2/c1-10-4-3-5-14(11(10)2)17(22)18-9-13-8-15(21)20-16(19-13)12-6-7-12/h3-5,8,12H,6-7,9H2,1-2H3,(H,18,22)(H,19,20,21). The molecule has 1 heterocycles. The molecule has 0 atom stereocenters. The molecule has 0 radical (unpaired) electrons. The molecule has 0 unspecified atom stereocenters. The lowest BCUT2D eigenvalue weighted by molar-refractivity contribution is 0.0949. The Hall–Kier alpha value is -2.43. The Kier molecular flexibility index (Phi) is 3.79. The van der Waals surface area contributed by atoms with E-state index < -0.39 is 0 Å². The highest BCUT2D eigenvalue weighted by Crippen LogP contribution is 2.37. The summed E-state index contributed by atoms with van der Waals surface area (Å²) in [6.45, 7) is 4.17. The second-order valence-corrected chi connectivity index (χ2v) is 5.83. The summed E-state index contributed by atoms with van der Waals surface area (Å²) in [4.78, 5) is 31.1. The Labute approximate surface area is 128 Å². The minimum atomic E-state index is -0.159. The van der Waals surface area contributed by atoms with Gasteiger partial charge in [0.2, 0.25) is 0 Å². The van der Waals surface area contributed by atoms with Gasteiger partial charge in [-0.25, -0.2) is 4.98 Å². The van der Waals surface area contributed by atoms with Crippen molar-refractivity contribution in [3.63, 3.8) is 0 Å². The number of nitrogens with zero attached hydrogens (tertiary/aromatic N) is 1. The van der Waals surface area contributed by atoms with E-state index in [1.165, 1.54) is 6.07 Å². The third-order valence-electron chi connectivity index (χ3n) is 4.06. The zero-order valence-corrected chi connectivity index (χ0v) is 12.8. The maximum Gasteiger partial charge on any atom is 0.251 e. The van der Waals surface area contributed by atoms with Gasteiger partial charge in [0.05, 0.1) is 12.2 Å². The molecule has 0 spiro atoms. The number of hydrogen-bond acceptors (Lipinski definition) is 3. The van der Waals surface area contributed by atoms with E-state index >= 15 is 0 Å². The van der Waals surface area contributed by atoms with E-state index in [9.17, 15) is 9.59 Å². The summed E-state index contributed by atoms with van der Waals surface area (Å²) in [5.74, 6) is 0.974. The van der Waals surface area contributed by atoms with Crippen LogP contribution in [0.4, 0.5) is 0 Å². The van der Waals surface area contributed by atoms with Crippen LogP contribution in [-0.2, 0) is 6.54 Å². The number of aryl methyl sites for hydroxylation is 1. The first-order chi connectivity index (χ1) is 10.5. The molecule has 2 aromatic rings. The van der Waals surface area contributed by atoms with Crippen molar-refractivity contribution in [2.24, 2.45) is 0 Å². The topological polar surface area (TPSA) is 74.8 Å². The molecule has 1 fully saturated rings. The summed E-state index contributed by atoms with van der Waals surface area (Å²) in [6.07, 6.45) is 2.14. The molecular weight excluding hydrogens is 278 g/mol. The highest BCUT2D eigenvalue weighted by molar-refractivity contribution is 5.95. The van der Waals surface area contributed by atoms with Crippen molar-refractivity contribution in [3.05, 3.63) is 62.8 Å². The molecule has 1 amide bonds. The largest absolute Gasteiger partial charge is 0.346 e.